The summed E-state index contributed by atoms with van der Waals surface area (Å²) in [6.07, 6.45) is 6.07. The van der Waals surface area contributed by atoms with Gasteiger partial charge in [0.05, 0.1) is 6.07 Å². The molecule has 2 heterocycles. The molecule has 23 heavy (non-hydrogen) atoms. The van der Waals surface area contributed by atoms with Crippen molar-refractivity contribution in [3.05, 3.63) is 17.6 Å². The number of carbonyl (C=O) groups excluding carboxylic acids is 1. The Morgan fingerprint density at radius 3 is 2.70 bits per heavy atom. The van der Waals surface area contributed by atoms with E-state index in [1.54, 1.807) is 11.1 Å². The molecule has 120 valence electrons. The van der Waals surface area contributed by atoms with Crippen LogP contribution in [0.15, 0.2) is 6.20 Å². The van der Waals surface area contributed by atoms with Gasteiger partial charge in [-0.3, -0.25) is 9.69 Å². The first-order chi connectivity index (χ1) is 11.2. The highest BCUT2D eigenvalue weighted by Gasteiger charge is 2.39. The molecule has 1 amide bonds. The molecule has 2 saturated carbocycles. The van der Waals surface area contributed by atoms with Crippen LogP contribution in [0.1, 0.15) is 47.8 Å². The molecule has 7 nitrogen and oxygen atoms in total. The van der Waals surface area contributed by atoms with E-state index in [0.717, 1.165) is 38.1 Å². The summed E-state index contributed by atoms with van der Waals surface area (Å²) in [6, 6.07) is 2.63. The van der Waals surface area contributed by atoms with Crippen LogP contribution in [0.3, 0.4) is 0 Å². The van der Waals surface area contributed by atoms with Crippen LogP contribution in [0.5, 0.6) is 0 Å². The first-order valence-electron chi connectivity index (χ1n) is 8.24. The van der Waals surface area contributed by atoms with Gasteiger partial charge in [0, 0.05) is 37.8 Å². The van der Waals surface area contributed by atoms with Gasteiger partial charge >= 0.3 is 0 Å². The Morgan fingerprint density at radius 1 is 1.30 bits per heavy atom. The Bertz CT molecular complexity index is 676. The van der Waals surface area contributed by atoms with E-state index in [1.165, 1.54) is 0 Å². The molecule has 4 rings (SSSR count). The van der Waals surface area contributed by atoms with Crippen molar-refractivity contribution in [2.24, 2.45) is 0 Å². The van der Waals surface area contributed by atoms with Crippen molar-refractivity contribution >= 4 is 11.7 Å². The molecule has 0 bridgehead atoms. The number of piperazine rings is 1. The van der Waals surface area contributed by atoms with Gasteiger partial charge in [-0.2, -0.15) is 5.26 Å². The van der Waals surface area contributed by atoms with E-state index in [-0.39, 0.29) is 17.8 Å². The number of hydrogen-bond acceptors (Lipinski definition) is 6. The van der Waals surface area contributed by atoms with Crippen LogP contribution in [0, 0.1) is 11.3 Å². The molecule has 1 saturated heterocycles. The molecule has 3 fully saturated rings. The molecular weight excluding hydrogens is 292 g/mol. The summed E-state index contributed by atoms with van der Waals surface area (Å²) in [4.78, 5) is 25.2. The summed E-state index contributed by atoms with van der Waals surface area (Å²) < 4.78 is 0. The second-order valence-corrected chi connectivity index (χ2v) is 6.67. The van der Waals surface area contributed by atoms with Gasteiger partial charge in [0.2, 0.25) is 0 Å². The van der Waals surface area contributed by atoms with Crippen LogP contribution in [0.2, 0.25) is 0 Å². The monoisotopic (exact) mass is 312 g/mol. The first kappa shape index (κ1) is 14.4. The van der Waals surface area contributed by atoms with Crippen molar-refractivity contribution in [3.63, 3.8) is 0 Å². The highest BCUT2D eigenvalue weighted by Crippen LogP contribution is 2.38. The third-order valence-electron chi connectivity index (χ3n) is 4.88. The van der Waals surface area contributed by atoms with Crippen molar-refractivity contribution in [1.29, 1.82) is 5.26 Å². The third kappa shape index (κ3) is 2.75. The normalized spacial score (nSPS) is 25.2. The number of rotatable bonds is 3. The summed E-state index contributed by atoms with van der Waals surface area (Å²) >= 11 is 0. The van der Waals surface area contributed by atoms with Crippen LogP contribution < -0.4 is 5.73 Å². The van der Waals surface area contributed by atoms with Crippen LogP contribution >= 0.6 is 0 Å². The van der Waals surface area contributed by atoms with Crippen molar-refractivity contribution in [2.45, 2.75) is 43.7 Å². The molecule has 1 atom stereocenters. The number of nitrogen functional groups attached to an aromatic ring is 1. The van der Waals surface area contributed by atoms with Gasteiger partial charge in [-0.15, -0.1) is 0 Å². The molecule has 1 aliphatic heterocycles. The maximum Gasteiger partial charge on any atom is 0.259 e. The fourth-order valence-electron chi connectivity index (χ4n) is 3.22. The van der Waals surface area contributed by atoms with E-state index in [1.807, 2.05) is 0 Å². The largest absolute Gasteiger partial charge is 0.383 e. The minimum atomic E-state index is -0.229. The molecule has 2 aliphatic carbocycles. The minimum Gasteiger partial charge on any atom is -0.383 e. The van der Waals surface area contributed by atoms with Gasteiger partial charge in [-0.1, -0.05) is 0 Å². The number of amides is 1. The van der Waals surface area contributed by atoms with Gasteiger partial charge < -0.3 is 10.6 Å². The van der Waals surface area contributed by atoms with Gasteiger partial charge in [0.1, 0.15) is 23.2 Å². The summed E-state index contributed by atoms with van der Waals surface area (Å²) in [5, 5.41) is 9.39. The van der Waals surface area contributed by atoms with Crippen molar-refractivity contribution in [2.75, 3.05) is 25.4 Å². The first-order valence-corrected chi connectivity index (χ1v) is 8.24. The second kappa shape index (κ2) is 5.46. The maximum absolute atomic E-state index is 12.7. The van der Waals surface area contributed by atoms with E-state index in [4.69, 9.17) is 5.73 Å². The minimum absolute atomic E-state index is 0.166. The van der Waals surface area contributed by atoms with Crippen LogP contribution in [-0.2, 0) is 0 Å². The highest BCUT2D eigenvalue weighted by atomic mass is 16.2. The Kier molecular flexibility index (Phi) is 3.42. The van der Waals surface area contributed by atoms with E-state index in [0.29, 0.717) is 30.6 Å². The van der Waals surface area contributed by atoms with Gasteiger partial charge in [0.25, 0.3) is 5.91 Å². The average Bonchev–Trinajstić information content (AvgIpc) is 3.46. The predicted octanol–water partition coefficient (Wildman–Crippen LogP) is 0.749. The summed E-state index contributed by atoms with van der Waals surface area (Å²) in [5.74, 6) is 1.24. The third-order valence-corrected chi connectivity index (χ3v) is 4.88. The van der Waals surface area contributed by atoms with Gasteiger partial charge in [-0.25, -0.2) is 9.97 Å². The fraction of sp³-hybridized carbons (Fsp3) is 0.625. The summed E-state index contributed by atoms with van der Waals surface area (Å²) in [6.45, 7) is 1.79. The Morgan fingerprint density at radius 2 is 2.09 bits per heavy atom. The molecule has 1 unspecified atom stereocenters. The van der Waals surface area contributed by atoms with E-state index < -0.39 is 0 Å². The number of carbonyl (C=O) groups is 1. The van der Waals surface area contributed by atoms with Crippen molar-refractivity contribution in [3.8, 4) is 6.07 Å². The Labute approximate surface area is 135 Å². The zero-order chi connectivity index (χ0) is 16.0. The van der Waals surface area contributed by atoms with E-state index >= 15 is 0 Å². The summed E-state index contributed by atoms with van der Waals surface area (Å²) in [5.41, 5.74) is 6.33. The predicted molar refractivity (Wildman–Crippen MR) is 83.5 cm³/mol. The number of anilines is 1. The highest BCUT2D eigenvalue weighted by molar-refractivity contribution is 5.98. The molecule has 3 aliphatic rings. The lowest BCUT2D eigenvalue weighted by atomic mass is 10.1. The smallest absolute Gasteiger partial charge is 0.259 e. The lowest BCUT2D eigenvalue weighted by Crippen LogP contribution is -2.55. The lowest BCUT2D eigenvalue weighted by molar-refractivity contribution is 0.0550. The summed E-state index contributed by atoms with van der Waals surface area (Å²) in [7, 11) is 0. The zero-order valence-electron chi connectivity index (χ0n) is 13.0. The number of nitriles is 1. The molecular formula is C16H20N6O. The lowest BCUT2D eigenvalue weighted by Gasteiger charge is -2.38. The SMILES string of the molecule is N#CC1CN(C(=O)c2cnc(C3CC3)nc2N)CCN1C1CC1. The van der Waals surface area contributed by atoms with Crippen molar-refractivity contribution < 1.29 is 4.79 Å². The maximum atomic E-state index is 12.7. The zero-order valence-corrected chi connectivity index (χ0v) is 13.0. The van der Waals surface area contributed by atoms with E-state index in [9.17, 15) is 10.1 Å². The van der Waals surface area contributed by atoms with Crippen LogP contribution in [0.4, 0.5) is 5.82 Å². The molecule has 2 N–H and O–H groups in total. The number of aromatic nitrogens is 2. The number of nitrogens with two attached hydrogens (primary N) is 1. The Balaban J connectivity index is 1.49. The molecule has 7 heteroatoms. The van der Waals surface area contributed by atoms with Crippen molar-refractivity contribution in [1.82, 2.24) is 19.8 Å². The molecule has 0 aromatic carbocycles. The number of hydrogen-bond donors (Lipinski definition) is 1. The number of nitrogens with zero attached hydrogens (tertiary/aromatic N) is 5. The molecule has 1 aromatic rings. The van der Waals surface area contributed by atoms with Gasteiger partial charge in [0.15, 0.2) is 0 Å². The molecule has 1 aromatic heterocycles. The topological polar surface area (TPSA) is 99.1 Å². The van der Waals surface area contributed by atoms with E-state index in [2.05, 4.69) is 20.9 Å². The van der Waals surface area contributed by atoms with Crippen LogP contribution in [-0.4, -0.2) is 57.4 Å². The molecule has 0 spiro atoms. The van der Waals surface area contributed by atoms with Gasteiger partial charge in [-0.05, 0) is 25.7 Å². The average molecular weight is 312 g/mol. The molecule has 0 radical (unpaired) electrons. The van der Waals surface area contributed by atoms with Crippen LogP contribution in [0.25, 0.3) is 0 Å². The Hall–Kier alpha value is -2.20. The second-order valence-electron chi connectivity index (χ2n) is 6.67. The fourth-order valence-corrected chi connectivity index (χ4v) is 3.22. The standard InChI is InChI=1S/C16H20N6O/c17-7-12-9-21(5-6-22(12)11-3-4-11)16(23)13-8-19-15(10-1-2-10)20-14(13)18/h8,10-12H,1-6,9H2,(H2,18,19,20). The quantitative estimate of drug-likeness (QED) is 0.884.